The Hall–Kier alpha value is -3.85. The largest absolute Gasteiger partial charge is 0.478 e. The fraction of sp³-hybridized carbons (Fsp3) is 0.207. The van der Waals surface area contributed by atoms with Crippen LogP contribution in [-0.2, 0) is 6.54 Å². The Balaban J connectivity index is 1.42. The molecule has 0 amide bonds. The number of hydrogen-bond acceptors (Lipinski definition) is 3. The average molecular weight is 450 g/mol. The van der Waals surface area contributed by atoms with Gasteiger partial charge in [0.05, 0.1) is 5.56 Å². The van der Waals surface area contributed by atoms with Crippen molar-refractivity contribution < 1.29 is 9.90 Å². The Bertz CT molecular complexity index is 1380. The van der Waals surface area contributed by atoms with Gasteiger partial charge in [0.1, 0.15) is 0 Å². The fourth-order valence-corrected chi connectivity index (χ4v) is 4.45. The van der Waals surface area contributed by atoms with E-state index in [9.17, 15) is 9.90 Å². The number of hydrogen-bond donors (Lipinski definition) is 2. The minimum absolute atomic E-state index is 0.250. The molecule has 1 aromatic heterocycles. The predicted molar refractivity (Wildman–Crippen MR) is 136 cm³/mol. The number of aromatic nitrogens is 1. The predicted octanol–water partition coefficient (Wildman–Crippen LogP) is 4.68. The molecule has 0 saturated carbocycles. The zero-order valence-electron chi connectivity index (χ0n) is 19.2. The van der Waals surface area contributed by atoms with Crippen LogP contribution in [0.2, 0.25) is 0 Å². The normalized spacial score (nSPS) is 14.6. The highest BCUT2D eigenvalue weighted by Crippen LogP contribution is 2.30. The van der Waals surface area contributed by atoms with Crippen molar-refractivity contribution >= 4 is 16.9 Å². The van der Waals surface area contributed by atoms with Crippen LogP contribution in [-0.4, -0.2) is 59.1 Å². The van der Waals surface area contributed by atoms with Crippen molar-refractivity contribution in [3.8, 4) is 23.0 Å². The van der Waals surface area contributed by atoms with Crippen molar-refractivity contribution in [2.45, 2.75) is 6.54 Å². The van der Waals surface area contributed by atoms with Gasteiger partial charge in [-0.15, -0.1) is 0 Å². The summed E-state index contributed by atoms with van der Waals surface area (Å²) in [6.45, 7) is 5.35. The lowest BCUT2D eigenvalue weighted by Gasteiger charge is -2.32. The fourth-order valence-electron chi connectivity index (χ4n) is 4.45. The van der Waals surface area contributed by atoms with E-state index in [1.54, 1.807) is 12.1 Å². The Morgan fingerprint density at radius 3 is 2.53 bits per heavy atom. The molecule has 2 heterocycles. The molecule has 170 valence electrons. The summed E-state index contributed by atoms with van der Waals surface area (Å²) < 4.78 is 0. The van der Waals surface area contributed by atoms with Crippen molar-refractivity contribution in [2.75, 3.05) is 33.2 Å². The van der Waals surface area contributed by atoms with Gasteiger partial charge in [-0.1, -0.05) is 42.2 Å². The van der Waals surface area contributed by atoms with Crippen LogP contribution in [0.15, 0.2) is 72.9 Å². The van der Waals surface area contributed by atoms with Crippen LogP contribution in [0.25, 0.3) is 22.0 Å². The van der Waals surface area contributed by atoms with Gasteiger partial charge in [-0.05, 0) is 60.0 Å². The third-order valence-corrected chi connectivity index (χ3v) is 6.44. The molecule has 5 heteroatoms. The van der Waals surface area contributed by atoms with Crippen molar-refractivity contribution in [1.29, 1.82) is 0 Å². The summed E-state index contributed by atoms with van der Waals surface area (Å²) in [4.78, 5) is 20.0. The van der Waals surface area contributed by atoms with Crippen LogP contribution in [0.5, 0.6) is 0 Å². The molecule has 4 aromatic rings. The van der Waals surface area contributed by atoms with E-state index in [1.807, 2.05) is 48.7 Å². The van der Waals surface area contributed by atoms with Crippen LogP contribution in [0, 0.1) is 11.8 Å². The van der Waals surface area contributed by atoms with Crippen molar-refractivity contribution in [1.82, 2.24) is 14.8 Å². The van der Waals surface area contributed by atoms with Gasteiger partial charge in [-0.25, -0.2) is 4.79 Å². The maximum Gasteiger partial charge on any atom is 0.336 e. The standard InChI is InChI=1S/C29H27N3O2/c1-31-15-17-32(18-16-31)20-22-7-5-21(6-8-22)9-10-24-3-2-4-26(29(33)34)28(24)25-12-11-23-13-14-30-27(23)19-25/h2-8,11-14,19,30H,15-18,20H2,1H3,(H,33,34). The van der Waals surface area contributed by atoms with E-state index < -0.39 is 5.97 Å². The summed E-state index contributed by atoms with van der Waals surface area (Å²) in [5, 5.41) is 10.9. The molecule has 3 aromatic carbocycles. The summed E-state index contributed by atoms with van der Waals surface area (Å²) in [6, 6.07) is 21.6. The molecular weight excluding hydrogens is 422 g/mol. The number of H-pyrrole nitrogens is 1. The number of carboxylic acids is 1. The smallest absolute Gasteiger partial charge is 0.336 e. The monoisotopic (exact) mass is 449 g/mol. The maximum absolute atomic E-state index is 12.0. The third kappa shape index (κ3) is 4.74. The van der Waals surface area contributed by atoms with Gasteiger partial charge in [-0.2, -0.15) is 0 Å². The number of nitrogens with zero attached hydrogens (tertiary/aromatic N) is 2. The van der Waals surface area contributed by atoms with Crippen LogP contribution >= 0.6 is 0 Å². The van der Waals surface area contributed by atoms with Crippen LogP contribution in [0.3, 0.4) is 0 Å². The molecule has 0 unspecified atom stereocenters. The molecule has 0 spiro atoms. The lowest BCUT2D eigenvalue weighted by molar-refractivity contribution is 0.0697. The summed E-state index contributed by atoms with van der Waals surface area (Å²) in [5.41, 5.74) is 5.59. The summed E-state index contributed by atoms with van der Waals surface area (Å²) in [5.74, 6) is 5.51. The number of fused-ring (bicyclic) bond motifs is 1. The number of nitrogens with one attached hydrogen (secondary N) is 1. The first-order valence-electron chi connectivity index (χ1n) is 11.5. The highest BCUT2D eigenvalue weighted by Gasteiger charge is 2.16. The number of piperazine rings is 1. The van der Waals surface area contributed by atoms with Gasteiger partial charge in [-0.3, -0.25) is 4.90 Å². The van der Waals surface area contributed by atoms with E-state index in [-0.39, 0.29) is 5.56 Å². The molecule has 1 aliphatic rings. The second kappa shape index (κ2) is 9.56. The number of aromatic amines is 1. The Morgan fingerprint density at radius 1 is 0.971 bits per heavy atom. The topological polar surface area (TPSA) is 59.6 Å². The highest BCUT2D eigenvalue weighted by atomic mass is 16.4. The molecule has 0 atom stereocenters. The molecule has 1 fully saturated rings. The van der Waals surface area contributed by atoms with E-state index in [0.29, 0.717) is 11.1 Å². The zero-order valence-corrected chi connectivity index (χ0v) is 19.2. The number of carboxylic acid groups (broad SMARTS) is 1. The molecule has 0 aliphatic carbocycles. The molecule has 1 saturated heterocycles. The third-order valence-electron chi connectivity index (χ3n) is 6.44. The van der Waals surface area contributed by atoms with Crippen molar-refractivity contribution in [3.63, 3.8) is 0 Å². The Kier molecular flexibility index (Phi) is 6.18. The average Bonchev–Trinajstić information content (AvgIpc) is 3.33. The molecule has 5 nitrogen and oxygen atoms in total. The number of benzene rings is 3. The van der Waals surface area contributed by atoms with Crippen molar-refractivity contribution in [2.24, 2.45) is 0 Å². The molecule has 5 rings (SSSR count). The zero-order chi connectivity index (χ0) is 23.5. The van der Waals surface area contributed by atoms with E-state index in [4.69, 9.17) is 0 Å². The molecule has 0 bridgehead atoms. The van der Waals surface area contributed by atoms with Crippen molar-refractivity contribution in [3.05, 3.63) is 95.2 Å². The van der Waals surface area contributed by atoms with E-state index in [2.05, 4.69) is 45.8 Å². The number of likely N-dealkylation sites (N-methyl/N-ethyl adjacent to an activating group) is 1. The molecule has 34 heavy (non-hydrogen) atoms. The summed E-state index contributed by atoms with van der Waals surface area (Å²) in [6.07, 6.45) is 1.88. The van der Waals surface area contributed by atoms with Gasteiger partial charge in [0.15, 0.2) is 0 Å². The minimum Gasteiger partial charge on any atom is -0.478 e. The van der Waals surface area contributed by atoms with Gasteiger partial charge in [0.2, 0.25) is 0 Å². The van der Waals surface area contributed by atoms with Gasteiger partial charge in [0.25, 0.3) is 0 Å². The van der Waals surface area contributed by atoms with Crippen LogP contribution in [0.4, 0.5) is 0 Å². The quantitative estimate of drug-likeness (QED) is 0.444. The lowest BCUT2D eigenvalue weighted by atomic mass is 9.93. The SMILES string of the molecule is CN1CCN(Cc2ccc(C#Cc3cccc(C(=O)O)c3-c3ccc4cc[nH]c4c3)cc2)CC1. The van der Waals surface area contributed by atoms with E-state index in [0.717, 1.165) is 54.8 Å². The Labute approximate surface area is 199 Å². The number of rotatable bonds is 4. The van der Waals surface area contributed by atoms with Gasteiger partial charge in [0, 0.05) is 61.1 Å². The first kappa shape index (κ1) is 22.0. The van der Waals surface area contributed by atoms with Gasteiger partial charge >= 0.3 is 5.97 Å². The molecule has 1 aliphatic heterocycles. The first-order chi connectivity index (χ1) is 16.6. The number of aromatic carboxylic acids is 1. The summed E-state index contributed by atoms with van der Waals surface area (Å²) >= 11 is 0. The first-order valence-corrected chi connectivity index (χ1v) is 11.5. The van der Waals surface area contributed by atoms with E-state index in [1.165, 1.54) is 5.56 Å². The second-order valence-electron chi connectivity index (χ2n) is 8.84. The second-order valence-corrected chi connectivity index (χ2v) is 8.84. The molecule has 0 radical (unpaired) electrons. The molecular formula is C29H27N3O2. The maximum atomic E-state index is 12.0. The van der Waals surface area contributed by atoms with Crippen LogP contribution in [0.1, 0.15) is 27.0 Å². The lowest BCUT2D eigenvalue weighted by Crippen LogP contribution is -2.43. The molecule has 2 N–H and O–H groups in total. The van der Waals surface area contributed by atoms with E-state index >= 15 is 0 Å². The Morgan fingerprint density at radius 2 is 1.76 bits per heavy atom. The summed E-state index contributed by atoms with van der Waals surface area (Å²) in [7, 11) is 2.17. The number of carbonyl (C=O) groups is 1. The minimum atomic E-state index is -0.960. The highest BCUT2D eigenvalue weighted by molar-refractivity contribution is 5.99. The van der Waals surface area contributed by atoms with Crippen LogP contribution < -0.4 is 0 Å². The van der Waals surface area contributed by atoms with Gasteiger partial charge < -0.3 is 15.0 Å².